The molecule has 0 spiro atoms. The van der Waals surface area contributed by atoms with Gasteiger partial charge in [0.05, 0.1) is 11.3 Å². The van der Waals surface area contributed by atoms with Crippen molar-refractivity contribution in [1.29, 1.82) is 0 Å². The summed E-state index contributed by atoms with van der Waals surface area (Å²) in [6.45, 7) is 3.08. The van der Waals surface area contributed by atoms with E-state index in [0.717, 1.165) is 12.1 Å². The Morgan fingerprint density at radius 2 is 2.00 bits per heavy atom. The number of hydrogen-bond donors (Lipinski definition) is 1. The van der Waals surface area contributed by atoms with Crippen LogP contribution in [0.15, 0.2) is 42.5 Å². The van der Waals surface area contributed by atoms with Gasteiger partial charge in [-0.05, 0) is 37.3 Å². The molecule has 1 aromatic carbocycles. The normalized spacial score (nSPS) is 13.7. The summed E-state index contributed by atoms with van der Waals surface area (Å²) in [6, 6.07) is 13.5. The van der Waals surface area contributed by atoms with Crippen LogP contribution in [0.3, 0.4) is 0 Å². The van der Waals surface area contributed by atoms with Crippen molar-refractivity contribution in [3.05, 3.63) is 59.3 Å². The number of aryl methyl sites for hydroxylation is 1. The second-order valence-electron chi connectivity index (χ2n) is 5.71. The monoisotopic (exact) mass is 296 g/mol. The Bertz CT molecular complexity index is 651. The van der Waals surface area contributed by atoms with Gasteiger partial charge < -0.3 is 10.1 Å². The standard InChI is InChI=1S/C18H20N2O2/c1-13-16(18(21)19-11-14-7-8-14)9-10-17(20-13)22-12-15-5-3-2-4-6-15/h2-6,9-10,14H,7-8,11-12H2,1H3,(H,19,21). The average molecular weight is 296 g/mol. The molecule has 1 amide bonds. The summed E-state index contributed by atoms with van der Waals surface area (Å²) in [4.78, 5) is 16.5. The number of nitrogens with one attached hydrogen (secondary N) is 1. The zero-order valence-corrected chi connectivity index (χ0v) is 12.7. The van der Waals surface area contributed by atoms with E-state index in [4.69, 9.17) is 4.74 Å². The predicted octanol–water partition coefficient (Wildman–Crippen LogP) is 3.11. The topological polar surface area (TPSA) is 51.2 Å². The number of hydrogen-bond acceptors (Lipinski definition) is 3. The summed E-state index contributed by atoms with van der Waals surface area (Å²) >= 11 is 0. The van der Waals surface area contributed by atoms with E-state index in [9.17, 15) is 4.79 Å². The van der Waals surface area contributed by atoms with Gasteiger partial charge in [-0.3, -0.25) is 4.79 Å². The van der Waals surface area contributed by atoms with E-state index < -0.39 is 0 Å². The molecule has 1 aromatic heterocycles. The first-order chi connectivity index (χ1) is 10.7. The van der Waals surface area contributed by atoms with Crippen LogP contribution in [-0.2, 0) is 6.61 Å². The van der Waals surface area contributed by atoms with Gasteiger partial charge in [0.25, 0.3) is 5.91 Å². The van der Waals surface area contributed by atoms with E-state index in [-0.39, 0.29) is 5.91 Å². The van der Waals surface area contributed by atoms with Crippen LogP contribution in [0.5, 0.6) is 5.88 Å². The van der Waals surface area contributed by atoms with Crippen LogP contribution in [0.2, 0.25) is 0 Å². The molecule has 0 radical (unpaired) electrons. The molecule has 1 heterocycles. The zero-order chi connectivity index (χ0) is 15.4. The maximum absolute atomic E-state index is 12.1. The van der Waals surface area contributed by atoms with Crippen LogP contribution in [-0.4, -0.2) is 17.4 Å². The van der Waals surface area contributed by atoms with E-state index in [1.165, 1.54) is 12.8 Å². The molecule has 1 fully saturated rings. The molecule has 22 heavy (non-hydrogen) atoms. The number of rotatable bonds is 6. The van der Waals surface area contributed by atoms with Gasteiger partial charge >= 0.3 is 0 Å². The highest BCUT2D eigenvalue weighted by molar-refractivity contribution is 5.95. The lowest BCUT2D eigenvalue weighted by atomic mass is 10.2. The third-order valence-corrected chi connectivity index (χ3v) is 3.78. The van der Waals surface area contributed by atoms with E-state index in [0.29, 0.717) is 29.7 Å². The van der Waals surface area contributed by atoms with Crippen LogP contribution in [0.1, 0.15) is 34.5 Å². The molecule has 0 bridgehead atoms. The van der Waals surface area contributed by atoms with Crippen LogP contribution in [0, 0.1) is 12.8 Å². The Morgan fingerprint density at radius 1 is 1.23 bits per heavy atom. The van der Waals surface area contributed by atoms with Crippen molar-refractivity contribution >= 4 is 5.91 Å². The van der Waals surface area contributed by atoms with Crippen molar-refractivity contribution in [3.8, 4) is 5.88 Å². The smallest absolute Gasteiger partial charge is 0.253 e. The summed E-state index contributed by atoms with van der Waals surface area (Å²) in [5.74, 6) is 1.16. The van der Waals surface area contributed by atoms with Crippen molar-refractivity contribution in [1.82, 2.24) is 10.3 Å². The third kappa shape index (κ3) is 3.85. The maximum atomic E-state index is 12.1. The summed E-state index contributed by atoms with van der Waals surface area (Å²) in [6.07, 6.45) is 2.45. The highest BCUT2D eigenvalue weighted by Gasteiger charge is 2.22. The number of ether oxygens (including phenoxy) is 1. The van der Waals surface area contributed by atoms with Gasteiger partial charge in [0.2, 0.25) is 5.88 Å². The van der Waals surface area contributed by atoms with Crippen LogP contribution in [0.25, 0.3) is 0 Å². The van der Waals surface area contributed by atoms with Crippen molar-refractivity contribution in [2.24, 2.45) is 5.92 Å². The first-order valence-corrected chi connectivity index (χ1v) is 7.65. The molecule has 0 saturated heterocycles. The molecular weight excluding hydrogens is 276 g/mol. The second kappa shape index (κ2) is 6.60. The lowest BCUT2D eigenvalue weighted by Gasteiger charge is -2.09. The van der Waals surface area contributed by atoms with Gasteiger partial charge in [-0.1, -0.05) is 30.3 Å². The Labute approximate surface area is 130 Å². The van der Waals surface area contributed by atoms with Gasteiger partial charge in [-0.25, -0.2) is 4.98 Å². The lowest BCUT2D eigenvalue weighted by Crippen LogP contribution is -2.26. The number of nitrogens with zero attached hydrogens (tertiary/aromatic N) is 1. The quantitative estimate of drug-likeness (QED) is 0.891. The fourth-order valence-corrected chi connectivity index (χ4v) is 2.24. The van der Waals surface area contributed by atoms with E-state index in [1.807, 2.05) is 37.3 Å². The highest BCUT2D eigenvalue weighted by Crippen LogP contribution is 2.27. The minimum Gasteiger partial charge on any atom is -0.473 e. The molecule has 114 valence electrons. The van der Waals surface area contributed by atoms with Crippen LogP contribution < -0.4 is 10.1 Å². The van der Waals surface area contributed by atoms with E-state index >= 15 is 0 Å². The minimum atomic E-state index is -0.0495. The number of amides is 1. The van der Waals surface area contributed by atoms with Crippen molar-refractivity contribution in [2.75, 3.05) is 6.54 Å². The Hall–Kier alpha value is -2.36. The maximum Gasteiger partial charge on any atom is 0.253 e. The Morgan fingerprint density at radius 3 is 2.68 bits per heavy atom. The van der Waals surface area contributed by atoms with Gasteiger partial charge in [-0.15, -0.1) is 0 Å². The fraction of sp³-hybridized carbons (Fsp3) is 0.333. The zero-order valence-electron chi connectivity index (χ0n) is 12.7. The molecule has 1 aliphatic carbocycles. The number of pyridine rings is 1. The second-order valence-corrected chi connectivity index (χ2v) is 5.71. The predicted molar refractivity (Wildman–Crippen MR) is 84.8 cm³/mol. The summed E-state index contributed by atoms with van der Waals surface area (Å²) in [5.41, 5.74) is 2.40. The molecule has 0 atom stereocenters. The van der Waals surface area contributed by atoms with Gasteiger partial charge in [-0.2, -0.15) is 0 Å². The largest absolute Gasteiger partial charge is 0.473 e. The lowest BCUT2D eigenvalue weighted by molar-refractivity contribution is 0.0950. The van der Waals surface area contributed by atoms with Crippen molar-refractivity contribution in [2.45, 2.75) is 26.4 Å². The van der Waals surface area contributed by atoms with E-state index in [2.05, 4.69) is 10.3 Å². The molecule has 1 aliphatic rings. The highest BCUT2D eigenvalue weighted by atomic mass is 16.5. The summed E-state index contributed by atoms with van der Waals surface area (Å²) in [7, 11) is 0. The molecular formula is C18H20N2O2. The fourth-order valence-electron chi connectivity index (χ4n) is 2.24. The SMILES string of the molecule is Cc1nc(OCc2ccccc2)ccc1C(=O)NCC1CC1. The molecule has 4 nitrogen and oxygen atoms in total. The van der Waals surface area contributed by atoms with E-state index in [1.54, 1.807) is 12.1 Å². The summed E-state index contributed by atoms with van der Waals surface area (Å²) < 4.78 is 5.67. The first-order valence-electron chi connectivity index (χ1n) is 7.65. The Balaban J connectivity index is 1.59. The van der Waals surface area contributed by atoms with Crippen LogP contribution in [0.4, 0.5) is 0 Å². The Kier molecular flexibility index (Phi) is 4.37. The molecule has 1 N–H and O–H groups in total. The molecule has 0 aliphatic heterocycles. The number of aromatic nitrogens is 1. The molecule has 0 unspecified atom stereocenters. The minimum absolute atomic E-state index is 0.0495. The number of carbonyl (C=O) groups excluding carboxylic acids is 1. The van der Waals surface area contributed by atoms with Crippen molar-refractivity contribution in [3.63, 3.8) is 0 Å². The van der Waals surface area contributed by atoms with Gasteiger partial charge in [0.1, 0.15) is 6.61 Å². The van der Waals surface area contributed by atoms with Crippen molar-refractivity contribution < 1.29 is 9.53 Å². The van der Waals surface area contributed by atoms with Gasteiger partial charge in [0.15, 0.2) is 0 Å². The number of carbonyl (C=O) groups is 1. The molecule has 1 saturated carbocycles. The van der Waals surface area contributed by atoms with Crippen LogP contribution >= 0.6 is 0 Å². The molecule has 3 rings (SSSR count). The molecule has 2 aromatic rings. The molecule has 4 heteroatoms. The third-order valence-electron chi connectivity index (χ3n) is 3.78. The van der Waals surface area contributed by atoms with Gasteiger partial charge in [0, 0.05) is 12.6 Å². The summed E-state index contributed by atoms with van der Waals surface area (Å²) in [5, 5.41) is 2.96. The number of benzene rings is 1. The first kappa shape index (κ1) is 14.6. The average Bonchev–Trinajstić information content (AvgIpc) is 3.36.